The van der Waals surface area contributed by atoms with Crippen LogP contribution in [0.15, 0.2) is 23.4 Å². The Bertz CT molecular complexity index is 457. The molecule has 0 saturated carbocycles. The molecule has 0 spiro atoms. The standard InChI is InChI=1S/C9H8N4O3/c14-8-4-3-6(9(15)16)12-13(8)7-2-1-5-10-11-7/h1-2,5H,3-4H2,(H,15,16). The van der Waals surface area contributed by atoms with Gasteiger partial charge in [-0.05, 0) is 12.1 Å². The molecule has 1 aliphatic heterocycles. The number of amides is 1. The first-order valence-electron chi connectivity index (χ1n) is 4.60. The van der Waals surface area contributed by atoms with Gasteiger partial charge >= 0.3 is 5.97 Å². The van der Waals surface area contributed by atoms with Gasteiger partial charge in [0.05, 0.1) is 0 Å². The summed E-state index contributed by atoms with van der Waals surface area (Å²) < 4.78 is 0. The van der Waals surface area contributed by atoms with Crippen LogP contribution in [0.1, 0.15) is 12.8 Å². The number of carbonyl (C=O) groups excluding carboxylic acids is 1. The predicted octanol–water partition coefficient (Wildman–Crippen LogP) is 0.0440. The molecule has 0 atom stereocenters. The number of carbonyl (C=O) groups is 2. The molecule has 0 aliphatic carbocycles. The molecule has 0 bridgehead atoms. The van der Waals surface area contributed by atoms with Crippen molar-refractivity contribution < 1.29 is 14.7 Å². The van der Waals surface area contributed by atoms with Gasteiger partial charge in [0.15, 0.2) is 5.82 Å². The van der Waals surface area contributed by atoms with Gasteiger partial charge in [-0.3, -0.25) is 4.79 Å². The van der Waals surface area contributed by atoms with Gasteiger partial charge < -0.3 is 5.11 Å². The summed E-state index contributed by atoms with van der Waals surface area (Å²) in [4.78, 5) is 22.3. The molecule has 1 aromatic heterocycles. The smallest absolute Gasteiger partial charge is 0.352 e. The van der Waals surface area contributed by atoms with Crippen LogP contribution < -0.4 is 5.01 Å². The van der Waals surface area contributed by atoms with E-state index in [4.69, 9.17) is 5.11 Å². The number of hydrogen-bond donors (Lipinski definition) is 1. The summed E-state index contributed by atoms with van der Waals surface area (Å²) in [7, 11) is 0. The Labute approximate surface area is 90.4 Å². The van der Waals surface area contributed by atoms with E-state index in [9.17, 15) is 9.59 Å². The molecule has 1 amide bonds. The third-order valence-corrected chi connectivity index (χ3v) is 2.05. The maximum Gasteiger partial charge on any atom is 0.352 e. The summed E-state index contributed by atoms with van der Waals surface area (Å²) in [5.41, 5.74) is -0.0507. The van der Waals surface area contributed by atoms with Crippen LogP contribution in [0.5, 0.6) is 0 Å². The third-order valence-electron chi connectivity index (χ3n) is 2.05. The van der Waals surface area contributed by atoms with E-state index >= 15 is 0 Å². The fourth-order valence-corrected chi connectivity index (χ4v) is 1.29. The molecule has 0 radical (unpaired) electrons. The average molecular weight is 220 g/mol. The summed E-state index contributed by atoms with van der Waals surface area (Å²) in [5, 5.41) is 20.8. The Morgan fingerprint density at radius 2 is 2.25 bits per heavy atom. The first-order valence-corrected chi connectivity index (χ1v) is 4.60. The third kappa shape index (κ3) is 1.88. The van der Waals surface area contributed by atoms with Crippen LogP contribution in [-0.4, -0.2) is 32.9 Å². The second-order valence-electron chi connectivity index (χ2n) is 3.14. The van der Waals surface area contributed by atoms with E-state index in [1.54, 1.807) is 12.1 Å². The minimum absolute atomic E-state index is 0.0507. The van der Waals surface area contributed by atoms with Crippen LogP contribution in [0.3, 0.4) is 0 Å². The van der Waals surface area contributed by atoms with Crippen molar-refractivity contribution in [3.63, 3.8) is 0 Å². The van der Waals surface area contributed by atoms with Crippen molar-refractivity contribution in [3.05, 3.63) is 18.3 Å². The number of hydrazone groups is 1. The van der Waals surface area contributed by atoms with Crippen LogP contribution >= 0.6 is 0 Å². The van der Waals surface area contributed by atoms with Crippen molar-refractivity contribution in [2.45, 2.75) is 12.8 Å². The number of nitrogens with zero attached hydrogens (tertiary/aromatic N) is 4. The summed E-state index contributed by atoms with van der Waals surface area (Å²) >= 11 is 0. The number of carboxylic acids is 1. The highest BCUT2D eigenvalue weighted by Crippen LogP contribution is 2.16. The average Bonchev–Trinajstić information content (AvgIpc) is 2.30. The van der Waals surface area contributed by atoms with E-state index < -0.39 is 5.97 Å². The van der Waals surface area contributed by atoms with Gasteiger partial charge in [0, 0.05) is 19.0 Å². The van der Waals surface area contributed by atoms with Crippen molar-refractivity contribution in [2.24, 2.45) is 5.10 Å². The fourth-order valence-electron chi connectivity index (χ4n) is 1.29. The largest absolute Gasteiger partial charge is 0.477 e. The predicted molar refractivity (Wildman–Crippen MR) is 53.8 cm³/mol. The zero-order valence-corrected chi connectivity index (χ0v) is 8.20. The molecule has 7 heteroatoms. The molecular formula is C9H8N4O3. The molecule has 0 saturated heterocycles. The Kier molecular flexibility index (Phi) is 2.59. The molecule has 0 unspecified atom stereocenters. The van der Waals surface area contributed by atoms with Gasteiger partial charge in [0.25, 0.3) is 0 Å². The summed E-state index contributed by atoms with van der Waals surface area (Å²) in [6.07, 6.45) is 1.71. The molecule has 1 aromatic rings. The van der Waals surface area contributed by atoms with E-state index in [1.165, 1.54) is 6.20 Å². The normalized spacial score (nSPS) is 15.9. The second-order valence-corrected chi connectivity index (χ2v) is 3.14. The van der Waals surface area contributed by atoms with Crippen molar-refractivity contribution in [2.75, 3.05) is 5.01 Å². The highest BCUT2D eigenvalue weighted by atomic mass is 16.4. The minimum atomic E-state index is -1.12. The SMILES string of the molecule is O=C(O)C1=NN(c2cccnn2)C(=O)CC1. The molecule has 82 valence electrons. The van der Waals surface area contributed by atoms with Crippen molar-refractivity contribution in [1.82, 2.24) is 10.2 Å². The molecular weight excluding hydrogens is 212 g/mol. The Balaban J connectivity index is 2.35. The topological polar surface area (TPSA) is 95.8 Å². The van der Waals surface area contributed by atoms with Crippen LogP contribution in [0.25, 0.3) is 0 Å². The monoisotopic (exact) mass is 220 g/mol. The molecule has 1 N–H and O–H groups in total. The van der Waals surface area contributed by atoms with Crippen molar-refractivity contribution in [1.29, 1.82) is 0 Å². The first-order chi connectivity index (χ1) is 7.68. The van der Waals surface area contributed by atoms with E-state index in [-0.39, 0.29) is 30.3 Å². The minimum Gasteiger partial charge on any atom is -0.477 e. The van der Waals surface area contributed by atoms with Crippen LogP contribution in [0.4, 0.5) is 5.82 Å². The second kappa shape index (κ2) is 4.05. The van der Waals surface area contributed by atoms with Crippen LogP contribution in [0, 0.1) is 0 Å². The molecule has 7 nitrogen and oxygen atoms in total. The van der Waals surface area contributed by atoms with E-state index in [1.807, 2.05) is 0 Å². The molecule has 0 aromatic carbocycles. The highest BCUT2D eigenvalue weighted by Gasteiger charge is 2.25. The van der Waals surface area contributed by atoms with Crippen LogP contribution in [-0.2, 0) is 9.59 Å². The molecule has 2 rings (SSSR count). The zero-order chi connectivity index (χ0) is 11.5. The maximum absolute atomic E-state index is 11.5. The fraction of sp³-hybridized carbons (Fsp3) is 0.222. The zero-order valence-electron chi connectivity index (χ0n) is 8.20. The lowest BCUT2D eigenvalue weighted by molar-refractivity contribution is -0.129. The van der Waals surface area contributed by atoms with E-state index in [2.05, 4.69) is 15.3 Å². The Hall–Kier alpha value is -2.31. The highest BCUT2D eigenvalue weighted by molar-refractivity contribution is 6.37. The molecule has 0 fully saturated rings. The summed E-state index contributed by atoms with van der Waals surface area (Å²) in [5.74, 6) is -1.18. The van der Waals surface area contributed by atoms with E-state index in [0.29, 0.717) is 0 Å². The summed E-state index contributed by atoms with van der Waals surface area (Å²) in [6.45, 7) is 0. The maximum atomic E-state index is 11.5. The van der Waals surface area contributed by atoms with Crippen LogP contribution in [0.2, 0.25) is 0 Å². The van der Waals surface area contributed by atoms with Crippen molar-refractivity contribution in [3.8, 4) is 0 Å². The Morgan fingerprint density at radius 1 is 1.44 bits per heavy atom. The number of carboxylic acid groups (broad SMARTS) is 1. The van der Waals surface area contributed by atoms with Gasteiger partial charge in [-0.1, -0.05) is 0 Å². The lowest BCUT2D eigenvalue weighted by Gasteiger charge is -2.20. The number of aromatic nitrogens is 2. The molecule has 2 heterocycles. The van der Waals surface area contributed by atoms with Crippen molar-refractivity contribution >= 4 is 23.4 Å². The Morgan fingerprint density at radius 3 is 2.88 bits per heavy atom. The van der Waals surface area contributed by atoms with Gasteiger partial charge in [0.1, 0.15) is 5.71 Å². The number of anilines is 1. The lowest BCUT2D eigenvalue weighted by atomic mass is 10.2. The lowest BCUT2D eigenvalue weighted by Crippen LogP contribution is -2.34. The summed E-state index contributed by atoms with van der Waals surface area (Å²) in [6, 6.07) is 3.14. The molecule has 1 aliphatic rings. The quantitative estimate of drug-likeness (QED) is 0.759. The van der Waals surface area contributed by atoms with Gasteiger partial charge in [-0.15, -0.1) is 5.10 Å². The van der Waals surface area contributed by atoms with Gasteiger partial charge in [-0.25, -0.2) is 4.79 Å². The number of aliphatic carboxylic acids is 1. The number of rotatable bonds is 2. The first kappa shape index (κ1) is 10.2. The van der Waals surface area contributed by atoms with Gasteiger partial charge in [0.2, 0.25) is 5.91 Å². The van der Waals surface area contributed by atoms with E-state index in [0.717, 1.165) is 5.01 Å². The molecule has 16 heavy (non-hydrogen) atoms. The number of hydrogen-bond acceptors (Lipinski definition) is 5. The van der Waals surface area contributed by atoms with Gasteiger partial charge in [-0.2, -0.15) is 15.2 Å².